The highest BCUT2D eigenvalue weighted by Gasteiger charge is 2.17. The van der Waals surface area contributed by atoms with E-state index in [1.807, 2.05) is 0 Å². The molecule has 1 unspecified atom stereocenters. The van der Waals surface area contributed by atoms with Crippen LogP contribution in [0, 0.1) is 0 Å². The van der Waals surface area contributed by atoms with Crippen LogP contribution in [0.3, 0.4) is 0 Å². The van der Waals surface area contributed by atoms with Gasteiger partial charge < -0.3 is 15.6 Å². The lowest BCUT2D eigenvalue weighted by molar-refractivity contribution is -0.132. The Bertz CT molecular complexity index is 783. The van der Waals surface area contributed by atoms with E-state index < -0.39 is 11.2 Å². The van der Waals surface area contributed by atoms with Crippen molar-refractivity contribution in [2.24, 2.45) is 5.73 Å². The predicted molar refractivity (Wildman–Crippen MR) is 87.4 cm³/mol. The van der Waals surface area contributed by atoms with Gasteiger partial charge in [-0.2, -0.15) is 0 Å². The molecule has 22 heavy (non-hydrogen) atoms. The first-order valence-corrected chi connectivity index (χ1v) is 6.63. The summed E-state index contributed by atoms with van der Waals surface area (Å²) in [6.07, 6.45) is 0. The highest BCUT2D eigenvalue weighted by Crippen LogP contribution is 2.03. The average molecular weight is 327 g/mol. The molecule has 1 atom stereocenters. The van der Waals surface area contributed by atoms with Crippen LogP contribution >= 0.6 is 12.4 Å². The van der Waals surface area contributed by atoms with Crippen LogP contribution in [0.1, 0.15) is 6.92 Å². The lowest BCUT2D eigenvalue weighted by Crippen LogP contribution is -2.45. The van der Waals surface area contributed by atoms with Gasteiger partial charge in [0.15, 0.2) is 0 Å². The number of carbonyl (C=O) groups is 1. The van der Waals surface area contributed by atoms with Gasteiger partial charge in [0.05, 0.1) is 10.9 Å². The van der Waals surface area contributed by atoms with Crippen molar-refractivity contribution in [3.63, 3.8) is 0 Å². The van der Waals surface area contributed by atoms with Crippen LogP contribution in [0.2, 0.25) is 0 Å². The summed E-state index contributed by atoms with van der Waals surface area (Å²) < 4.78 is 0.907. The number of nitrogens with zero attached hydrogens (tertiary/aromatic N) is 2. The van der Waals surface area contributed by atoms with Gasteiger partial charge in [-0.15, -0.1) is 12.4 Å². The van der Waals surface area contributed by atoms with Crippen molar-refractivity contribution in [1.29, 1.82) is 0 Å². The Morgan fingerprint density at radius 2 is 2.00 bits per heavy atom. The third-order valence-corrected chi connectivity index (χ3v) is 3.58. The Balaban J connectivity index is 0.00000242. The third kappa shape index (κ3) is 3.37. The number of para-hydroxylation sites is 1. The van der Waals surface area contributed by atoms with Gasteiger partial charge in [-0.3, -0.25) is 14.2 Å². The first-order chi connectivity index (χ1) is 9.95. The van der Waals surface area contributed by atoms with Gasteiger partial charge in [0.25, 0.3) is 5.56 Å². The van der Waals surface area contributed by atoms with Gasteiger partial charge in [-0.1, -0.05) is 12.1 Å². The van der Waals surface area contributed by atoms with E-state index in [0.29, 0.717) is 17.4 Å². The number of hydrogen-bond donors (Lipinski definition) is 2. The van der Waals surface area contributed by atoms with E-state index in [-0.39, 0.29) is 30.9 Å². The van der Waals surface area contributed by atoms with E-state index in [1.54, 1.807) is 38.2 Å². The van der Waals surface area contributed by atoms with E-state index in [2.05, 4.69) is 4.98 Å². The zero-order valence-electron chi connectivity index (χ0n) is 12.4. The maximum absolute atomic E-state index is 12.3. The zero-order chi connectivity index (χ0) is 15.6. The van der Waals surface area contributed by atoms with Gasteiger partial charge in [0, 0.05) is 19.6 Å². The summed E-state index contributed by atoms with van der Waals surface area (Å²) in [6, 6.07) is 6.53. The Labute approximate surface area is 133 Å². The van der Waals surface area contributed by atoms with E-state index in [0.717, 1.165) is 4.57 Å². The molecule has 0 saturated heterocycles. The third-order valence-electron chi connectivity index (χ3n) is 3.58. The number of rotatable bonds is 4. The number of amides is 1. The molecule has 2 aromatic rings. The summed E-state index contributed by atoms with van der Waals surface area (Å²) in [4.78, 5) is 40.4. The maximum atomic E-state index is 12.3. The fourth-order valence-electron chi connectivity index (χ4n) is 1.99. The smallest absolute Gasteiger partial charge is 0.329 e. The van der Waals surface area contributed by atoms with Crippen LogP contribution in [-0.4, -0.2) is 40.0 Å². The van der Waals surface area contributed by atoms with Crippen LogP contribution in [0.15, 0.2) is 33.9 Å². The van der Waals surface area contributed by atoms with E-state index >= 15 is 0 Å². The number of hydrogen-bond acceptors (Lipinski definition) is 4. The summed E-state index contributed by atoms with van der Waals surface area (Å²) in [5.41, 5.74) is 4.89. The standard InChI is InChI=1S/C14H18N4O3.ClH/c1-9(7-15)17(2)12(19)8-18-13(20)10-5-3-4-6-11(10)16-14(18)21;/h3-6,9H,7-8,15H2,1-2H3,(H,16,21);1H. The number of carbonyl (C=O) groups excluding carboxylic acids is 1. The molecule has 120 valence electrons. The number of nitrogens with one attached hydrogen (secondary N) is 1. The predicted octanol–water partition coefficient (Wildman–Crippen LogP) is -0.0828. The minimum Gasteiger partial charge on any atom is -0.340 e. The minimum atomic E-state index is -0.596. The van der Waals surface area contributed by atoms with Gasteiger partial charge in [0.1, 0.15) is 6.54 Å². The Morgan fingerprint density at radius 1 is 1.36 bits per heavy atom. The summed E-state index contributed by atoms with van der Waals surface area (Å²) in [5.74, 6) is -0.337. The van der Waals surface area contributed by atoms with Gasteiger partial charge >= 0.3 is 5.69 Å². The molecule has 0 saturated carbocycles. The second-order valence-corrected chi connectivity index (χ2v) is 4.96. The number of aromatic amines is 1. The molecule has 1 aromatic heterocycles. The number of nitrogens with two attached hydrogens (primary N) is 1. The lowest BCUT2D eigenvalue weighted by Gasteiger charge is -2.23. The Morgan fingerprint density at radius 3 is 2.64 bits per heavy atom. The highest BCUT2D eigenvalue weighted by atomic mass is 35.5. The largest absolute Gasteiger partial charge is 0.340 e. The van der Waals surface area contributed by atoms with Crippen molar-refractivity contribution >= 4 is 29.2 Å². The van der Waals surface area contributed by atoms with E-state index in [9.17, 15) is 14.4 Å². The highest BCUT2D eigenvalue weighted by molar-refractivity contribution is 5.85. The molecule has 0 aliphatic rings. The molecule has 8 heteroatoms. The number of likely N-dealkylation sites (N-methyl/N-ethyl adjacent to an activating group) is 1. The van der Waals surface area contributed by atoms with Crippen LogP contribution in [0.4, 0.5) is 0 Å². The van der Waals surface area contributed by atoms with Crippen LogP contribution < -0.4 is 17.0 Å². The molecular formula is C14H19ClN4O3. The Hall–Kier alpha value is -2.12. The molecule has 1 amide bonds. The Kier molecular flexibility index (Phi) is 5.90. The normalized spacial score (nSPS) is 11.8. The molecular weight excluding hydrogens is 308 g/mol. The number of fused-ring (bicyclic) bond motifs is 1. The average Bonchev–Trinajstić information content (AvgIpc) is 2.49. The molecule has 7 nitrogen and oxygen atoms in total. The molecule has 1 heterocycles. The number of benzene rings is 1. The van der Waals surface area contributed by atoms with Crippen LogP contribution in [0.5, 0.6) is 0 Å². The van der Waals surface area contributed by atoms with Gasteiger partial charge in [0.2, 0.25) is 5.91 Å². The fraction of sp³-hybridized carbons (Fsp3) is 0.357. The molecule has 0 radical (unpaired) electrons. The number of halogens is 1. The second-order valence-electron chi connectivity index (χ2n) is 4.96. The summed E-state index contributed by atoms with van der Waals surface area (Å²) in [7, 11) is 1.60. The zero-order valence-corrected chi connectivity index (χ0v) is 13.2. The SMILES string of the molecule is CC(CN)N(C)C(=O)Cn1c(=O)[nH]c2ccccc2c1=O.Cl. The minimum absolute atomic E-state index is 0. The van der Waals surface area contributed by atoms with Crippen LogP contribution in [-0.2, 0) is 11.3 Å². The molecule has 0 fully saturated rings. The maximum Gasteiger partial charge on any atom is 0.329 e. The molecule has 3 N–H and O–H groups in total. The fourth-order valence-corrected chi connectivity index (χ4v) is 1.99. The molecule has 0 aliphatic carbocycles. The lowest BCUT2D eigenvalue weighted by atomic mass is 10.2. The number of H-pyrrole nitrogens is 1. The monoisotopic (exact) mass is 326 g/mol. The number of aromatic nitrogens is 2. The summed E-state index contributed by atoms with van der Waals surface area (Å²) >= 11 is 0. The topological polar surface area (TPSA) is 101 Å². The van der Waals surface area contributed by atoms with Gasteiger partial charge in [-0.25, -0.2) is 4.79 Å². The van der Waals surface area contributed by atoms with Crippen molar-refractivity contribution in [3.05, 3.63) is 45.1 Å². The van der Waals surface area contributed by atoms with E-state index in [1.165, 1.54) is 4.90 Å². The molecule has 2 rings (SSSR count). The van der Waals surface area contributed by atoms with Crippen LogP contribution in [0.25, 0.3) is 10.9 Å². The quantitative estimate of drug-likeness (QED) is 0.820. The first kappa shape index (κ1) is 17.9. The summed E-state index contributed by atoms with van der Waals surface area (Å²) in [6.45, 7) is 1.80. The van der Waals surface area contributed by atoms with Crippen molar-refractivity contribution in [1.82, 2.24) is 14.5 Å². The molecule has 0 aliphatic heterocycles. The van der Waals surface area contributed by atoms with Crippen molar-refractivity contribution in [2.75, 3.05) is 13.6 Å². The van der Waals surface area contributed by atoms with Crippen molar-refractivity contribution < 1.29 is 4.79 Å². The molecule has 0 bridgehead atoms. The molecule has 1 aromatic carbocycles. The van der Waals surface area contributed by atoms with Crippen molar-refractivity contribution in [2.45, 2.75) is 19.5 Å². The first-order valence-electron chi connectivity index (χ1n) is 6.63. The second kappa shape index (κ2) is 7.24. The van der Waals surface area contributed by atoms with Gasteiger partial charge in [-0.05, 0) is 19.1 Å². The van der Waals surface area contributed by atoms with Crippen molar-refractivity contribution in [3.8, 4) is 0 Å². The van der Waals surface area contributed by atoms with E-state index in [4.69, 9.17) is 5.73 Å². The molecule has 0 spiro atoms. The summed E-state index contributed by atoms with van der Waals surface area (Å²) in [5, 5.41) is 0.374.